The Hall–Kier alpha value is -3.55. The predicted octanol–water partition coefficient (Wildman–Crippen LogP) is 6.06. The van der Waals surface area contributed by atoms with Gasteiger partial charge in [-0.3, -0.25) is 14.1 Å². The smallest absolute Gasteiger partial charge is 0.295 e. The van der Waals surface area contributed by atoms with Crippen molar-refractivity contribution in [3.63, 3.8) is 0 Å². The number of rotatable bonds is 9. The minimum atomic E-state index is 0.122. The van der Waals surface area contributed by atoms with E-state index in [0.29, 0.717) is 24.2 Å². The van der Waals surface area contributed by atoms with Crippen molar-refractivity contribution < 1.29 is 0 Å². The molecule has 3 unspecified atom stereocenters. The molecule has 0 radical (unpaired) electrons. The molecule has 0 bridgehead atoms. The molecular weight excluding hydrogens is 474 g/mol. The number of aromatic nitrogens is 7. The molecule has 5 rings (SSSR count). The van der Waals surface area contributed by atoms with Crippen molar-refractivity contribution in [2.24, 2.45) is 11.8 Å². The van der Waals surface area contributed by atoms with E-state index in [4.69, 9.17) is 0 Å². The highest BCUT2D eigenvalue weighted by Crippen LogP contribution is 2.38. The van der Waals surface area contributed by atoms with E-state index >= 15 is 0 Å². The maximum absolute atomic E-state index is 14.1. The molecule has 1 aliphatic carbocycles. The highest BCUT2D eigenvalue weighted by molar-refractivity contribution is 5.69. The molecule has 200 valence electrons. The maximum atomic E-state index is 14.1. The van der Waals surface area contributed by atoms with Crippen LogP contribution >= 0.6 is 0 Å². The number of H-pyrrole nitrogens is 1. The topological polar surface area (TPSA) is 94.3 Å². The molecule has 1 fully saturated rings. The van der Waals surface area contributed by atoms with Crippen molar-refractivity contribution in [2.45, 2.75) is 84.7 Å². The van der Waals surface area contributed by atoms with Crippen LogP contribution in [-0.2, 0) is 13.0 Å². The molecule has 1 N–H and O–H groups in total. The molecule has 0 saturated heterocycles. The summed E-state index contributed by atoms with van der Waals surface area (Å²) in [5.74, 6) is 1.69. The Bertz CT molecular complexity index is 1370. The van der Waals surface area contributed by atoms with Crippen LogP contribution in [0.15, 0.2) is 53.7 Å². The number of tetrazole rings is 1. The minimum absolute atomic E-state index is 0.122. The lowest BCUT2D eigenvalue weighted by Gasteiger charge is -2.29. The highest BCUT2D eigenvalue weighted by atomic mass is 16.1. The van der Waals surface area contributed by atoms with Gasteiger partial charge in [-0.2, -0.15) is 0 Å². The fourth-order valence-corrected chi connectivity index (χ4v) is 6.21. The minimum Gasteiger partial charge on any atom is -0.295 e. The lowest BCUT2D eigenvalue weighted by atomic mass is 9.86. The van der Waals surface area contributed by atoms with Gasteiger partial charge in [0.1, 0.15) is 0 Å². The number of imidazole rings is 1. The maximum Gasteiger partial charge on any atom is 0.328 e. The van der Waals surface area contributed by atoms with Crippen LogP contribution in [0.4, 0.5) is 0 Å². The van der Waals surface area contributed by atoms with E-state index in [1.807, 2.05) is 35.2 Å². The third-order valence-corrected chi connectivity index (χ3v) is 8.32. The van der Waals surface area contributed by atoms with Crippen LogP contribution in [0.2, 0.25) is 0 Å². The second-order valence-corrected chi connectivity index (χ2v) is 10.8. The quantitative estimate of drug-likeness (QED) is 0.275. The molecule has 3 aromatic heterocycles. The van der Waals surface area contributed by atoms with E-state index in [1.54, 1.807) is 0 Å². The van der Waals surface area contributed by atoms with Gasteiger partial charge in [0.05, 0.1) is 6.54 Å². The average molecular weight is 514 g/mol. The largest absolute Gasteiger partial charge is 0.328 e. The lowest BCUT2D eigenvalue weighted by Crippen LogP contribution is -2.34. The molecule has 8 nitrogen and oxygen atoms in total. The molecule has 0 amide bonds. The number of aryl methyl sites for hydroxylation is 1. The number of hydrogen-bond donors (Lipinski definition) is 1. The van der Waals surface area contributed by atoms with Crippen LogP contribution in [0.1, 0.15) is 83.0 Å². The van der Waals surface area contributed by atoms with E-state index in [1.165, 1.54) is 25.7 Å². The Morgan fingerprint density at radius 2 is 1.84 bits per heavy atom. The van der Waals surface area contributed by atoms with Crippen molar-refractivity contribution in [1.82, 2.24) is 34.7 Å². The number of aromatic amines is 1. The van der Waals surface area contributed by atoms with Crippen LogP contribution in [0.3, 0.4) is 0 Å². The second kappa shape index (κ2) is 11.9. The number of nitrogens with zero attached hydrogens (tertiary/aromatic N) is 6. The first-order chi connectivity index (χ1) is 18.6. The number of nitrogens with one attached hydrogen (secondary N) is 1. The van der Waals surface area contributed by atoms with Gasteiger partial charge >= 0.3 is 5.69 Å². The van der Waals surface area contributed by atoms with Crippen molar-refractivity contribution in [3.05, 3.63) is 70.7 Å². The van der Waals surface area contributed by atoms with Gasteiger partial charge in [0.2, 0.25) is 0 Å². The molecule has 1 saturated carbocycles. The summed E-state index contributed by atoms with van der Waals surface area (Å²) < 4.78 is 4.11. The van der Waals surface area contributed by atoms with E-state index in [0.717, 1.165) is 53.6 Å². The zero-order valence-corrected chi connectivity index (χ0v) is 22.8. The van der Waals surface area contributed by atoms with Gasteiger partial charge in [0.25, 0.3) is 0 Å². The third-order valence-electron chi connectivity index (χ3n) is 8.32. The summed E-state index contributed by atoms with van der Waals surface area (Å²) in [7, 11) is 0. The number of pyridine rings is 1. The summed E-state index contributed by atoms with van der Waals surface area (Å²) in [5, 5.41) is 14.1. The van der Waals surface area contributed by atoms with Crippen LogP contribution in [0.5, 0.6) is 0 Å². The lowest BCUT2D eigenvalue weighted by molar-refractivity contribution is 0.232. The summed E-state index contributed by atoms with van der Waals surface area (Å²) >= 11 is 0. The zero-order chi connectivity index (χ0) is 26.5. The molecule has 3 atom stereocenters. The Morgan fingerprint density at radius 1 is 1.05 bits per heavy atom. The number of unbranched alkanes of at least 4 members (excludes halogenated alkanes) is 1. The fraction of sp³-hybridized carbons (Fsp3) is 0.500. The van der Waals surface area contributed by atoms with Crippen molar-refractivity contribution in [1.29, 1.82) is 0 Å². The molecule has 38 heavy (non-hydrogen) atoms. The molecular formula is C30H39N7O. The molecule has 4 aromatic rings. The fourth-order valence-electron chi connectivity index (χ4n) is 6.21. The third kappa shape index (κ3) is 5.35. The van der Waals surface area contributed by atoms with Gasteiger partial charge < -0.3 is 0 Å². The normalized spacial score (nSPS) is 19.9. The second-order valence-electron chi connectivity index (χ2n) is 10.8. The Morgan fingerprint density at radius 3 is 2.58 bits per heavy atom. The zero-order valence-electron chi connectivity index (χ0n) is 22.8. The molecule has 8 heteroatoms. The van der Waals surface area contributed by atoms with Gasteiger partial charge in [0.15, 0.2) is 5.82 Å². The summed E-state index contributed by atoms with van der Waals surface area (Å²) in [6.07, 6.45) is 15.0. The van der Waals surface area contributed by atoms with Gasteiger partial charge in [-0.25, -0.2) is 9.89 Å². The summed E-state index contributed by atoms with van der Waals surface area (Å²) in [4.78, 5) is 18.5. The van der Waals surface area contributed by atoms with Crippen LogP contribution in [0, 0.1) is 11.8 Å². The molecule has 3 heterocycles. The Kier molecular flexibility index (Phi) is 8.15. The van der Waals surface area contributed by atoms with Crippen LogP contribution in [0.25, 0.3) is 22.5 Å². The SMILES string of the molecule is CCCCc1cn(C2C(C)CCCCC2CC)c(=O)n1Cc1cnccc1-c1ccc(-c2nnn[nH]2)cc1. The number of hydrogen-bond acceptors (Lipinski definition) is 5. The van der Waals surface area contributed by atoms with Gasteiger partial charge in [-0.1, -0.05) is 70.7 Å². The average Bonchev–Trinajstić information content (AvgIpc) is 3.54. The Balaban J connectivity index is 1.51. The highest BCUT2D eigenvalue weighted by Gasteiger charge is 2.31. The van der Waals surface area contributed by atoms with Gasteiger partial charge in [-0.05, 0) is 70.7 Å². The first-order valence-corrected chi connectivity index (χ1v) is 14.2. The summed E-state index contributed by atoms with van der Waals surface area (Å²) in [6.45, 7) is 7.34. The van der Waals surface area contributed by atoms with Gasteiger partial charge in [0, 0.05) is 35.9 Å². The summed E-state index contributed by atoms with van der Waals surface area (Å²) in [6, 6.07) is 10.5. The molecule has 1 aliphatic rings. The van der Waals surface area contributed by atoms with Gasteiger partial charge in [-0.15, -0.1) is 5.10 Å². The number of benzene rings is 1. The standard InChI is InChI=1S/C30H39N7O/c1-4-6-11-26-20-37(28-21(3)9-7-8-10-22(28)5-2)30(38)36(26)19-25-18-31-17-16-27(25)23-12-14-24(15-13-23)29-32-34-35-33-29/h12-18,20-22,28H,4-11,19H2,1-3H3,(H,32,33,34,35). The molecule has 1 aromatic carbocycles. The first kappa shape index (κ1) is 26.1. The van der Waals surface area contributed by atoms with Crippen LogP contribution < -0.4 is 5.69 Å². The molecule has 0 aliphatic heterocycles. The molecule has 0 spiro atoms. The van der Waals surface area contributed by atoms with E-state index in [9.17, 15) is 4.79 Å². The monoisotopic (exact) mass is 513 g/mol. The van der Waals surface area contributed by atoms with E-state index < -0.39 is 0 Å². The predicted molar refractivity (Wildman–Crippen MR) is 150 cm³/mol. The van der Waals surface area contributed by atoms with Crippen LogP contribution in [-0.4, -0.2) is 34.7 Å². The summed E-state index contributed by atoms with van der Waals surface area (Å²) in [5.41, 5.74) is 5.37. The van der Waals surface area contributed by atoms with Crippen molar-refractivity contribution >= 4 is 0 Å². The Labute approximate surface area is 224 Å². The van der Waals surface area contributed by atoms with Crippen molar-refractivity contribution in [3.8, 4) is 22.5 Å². The van der Waals surface area contributed by atoms with Crippen molar-refractivity contribution in [2.75, 3.05) is 0 Å². The first-order valence-electron chi connectivity index (χ1n) is 14.2. The van der Waals surface area contributed by atoms with E-state index in [2.05, 4.69) is 69.3 Å². The van der Waals surface area contributed by atoms with E-state index in [-0.39, 0.29) is 11.7 Å².